The van der Waals surface area contributed by atoms with Crippen LogP contribution in [-0.2, 0) is 20.7 Å². The molecule has 0 fully saturated rings. The van der Waals surface area contributed by atoms with Gasteiger partial charge in [0.1, 0.15) is 5.76 Å². The highest BCUT2D eigenvalue weighted by molar-refractivity contribution is 7.13. The first-order chi connectivity index (χ1) is 14.0. The highest BCUT2D eigenvalue weighted by Crippen LogP contribution is 2.26. The molecule has 2 aromatic heterocycles. The summed E-state index contributed by atoms with van der Waals surface area (Å²) < 4.78 is 10.7. The lowest BCUT2D eigenvalue weighted by molar-refractivity contribution is -0.141. The fourth-order valence-corrected chi connectivity index (χ4v) is 3.15. The van der Waals surface area contributed by atoms with E-state index in [-0.39, 0.29) is 24.7 Å². The lowest BCUT2D eigenvalue weighted by atomic mass is 10.1. The number of ether oxygens (including phenoxy) is 1. The number of oxazole rings is 1. The molecule has 8 heteroatoms. The minimum Gasteiger partial charge on any atom is -0.457 e. The lowest BCUT2D eigenvalue weighted by Gasteiger charge is -2.06. The van der Waals surface area contributed by atoms with Gasteiger partial charge in [0.05, 0.1) is 17.0 Å². The second-order valence-electron chi connectivity index (χ2n) is 6.24. The van der Waals surface area contributed by atoms with Crippen molar-refractivity contribution in [1.82, 2.24) is 4.98 Å². The van der Waals surface area contributed by atoms with Crippen LogP contribution in [0.3, 0.4) is 0 Å². The molecule has 0 atom stereocenters. The van der Waals surface area contributed by atoms with Crippen LogP contribution in [0.4, 0.5) is 5.69 Å². The summed E-state index contributed by atoms with van der Waals surface area (Å²) in [6.07, 6.45) is 0.298. The average molecular weight is 412 g/mol. The van der Waals surface area contributed by atoms with Crippen LogP contribution in [0.5, 0.6) is 0 Å². The molecule has 150 valence electrons. The van der Waals surface area contributed by atoms with Crippen LogP contribution < -0.4 is 5.32 Å². The Morgan fingerprint density at radius 3 is 2.59 bits per heavy atom. The first-order valence-electron chi connectivity index (χ1n) is 9.05. The minimum atomic E-state index is -0.556. The van der Waals surface area contributed by atoms with Crippen molar-refractivity contribution in [2.24, 2.45) is 0 Å². The van der Waals surface area contributed by atoms with E-state index in [0.717, 1.165) is 4.88 Å². The van der Waals surface area contributed by atoms with Crippen molar-refractivity contribution in [3.63, 3.8) is 0 Å². The highest BCUT2D eigenvalue weighted by atomic mass is 32.1. The molecule has 7 nitrogen and oxygen atoms in total. The molecule has 0 unspecified atom stereocenters. The molecule has 1 amide bonds. The van der Waals surface area contributed by atoms with Crippen molar-refractivity contribution in [2.75, 3.05) is 11.9 Å². The average Bonchev–Trinajstić information content (AvgIpc) is 3.37. The number of ketones is 1. The van der Waals surface area contributed by atoms with Gasteiger partial charge in [-0.05, 0) is 42.6 Å². The largest absolute Gasteiger partial charge is 0.457 e. The molecule has 0 radical (unpaired) electrons. The lowest BCUT2D eigenvalue weighted by Crippen LogP contribution is -2.16. The number of hydrogen-bond donors (Lipinski definition) is 1. The minimum absolute atomic E-state index is 0.0734. The molecule has 3 rings (SSSR count). The monoisotopic (exact) mass is 412 g/mol. The van der Waals surface area contributed by atoms with E-state index >= 15 is 0 Å². The van der Waals surface area contributed by atoms with Crippen LogP contribution in [0.2, 0.25) is 0 Å². The number of amides is 1. The van der Waals surface area contributed by atoms with Gasteiger partial charge in [-0.1, -0.05) is 13.0 Å². The Kier molecular flexibility index (Phi) is 6.56. The number of nitrogens with zero attached hydrogens (tertiary/aromatic N) is 1. The molecule has 0 saturated carbocycles. The van der Waals surface area contributed by atoms with Crippen LogP contribution in [-0.4, -0.2) is 29.3 Å². The number of rotatable bonds is 8. The molecular formula is C21H20N2O5S. The summed E-state index contributed by atoms with van der Waals surface area (Å²) in [7, 11) is 0. The highest BCUT2D eigenvalue weighted by Gasteiger charge is 2.17. The van der Waals surface area contributed by atoms with E-state index in [2.05, 4.69) is 10.3 Å². The standard InChI is InChI=1S/C21H20N2O5S/c1-3-19(25)22-15-8-6-14(7-9-15)17(24)12-27-20(26)11-16-13(2)28-21(23-16)18-5-4-10-29-18/h4-10H,3,11-12H2,1-2H3,(H,22,25). The number of carbonyl (C=O) groups excluding carboxylic acids is 3. The number of benzene rings is 1. The summed E-state index contributed by atoms with van der Waals surface area (Å²) in [5.74, 6) is 0.0126. The van der Waals surface area contributed by atoms with Crippen molar-refractivity contribution in [1.29, 1.82) is 0 Å². The molecule has 1 aromatic carbocycles. The summed E-state index contributed by atoms with van der Waals surface area (Å²) in [4.78, 5) is 40.9. The normalized spacial score (nSPS) is 10.6. The van der Waals surface area contributed by atoms with Gasteiger partial charge >= 0.3 is 5.97 Å². The summed E-state index contributed by atoms with van der Waals surface area (Å²) >= 11 is 1.49. The fourth-order valence-electron chi connectivity index (χ4n) is 2.50. The molecule has 0 bridgehead atoms. The molecular weight excluding hydrogens is 392 g/mol. The summed E-state index contributed by atoms with van der Waals surface area (Å²) in [5, 5.41) is 4.62. The third-order valence-corrected chi connectivity index (χ3v) is 4.97. The number of anilines is 1. The summed E-state index contributed by atoms with van der Waals surface area (Å²) in [5.41, 5.74) is 1.49. The molecule has 1 N–H and O–H groups in total. The van der Waals surface area contributed by atoms with Crippen LogP contribution >= 0.6 is 11.3 Å². The Bertz CT molecular complexity index is 1010. The van der Waals surface area contributed by atoms with Gasteiger partial charge in [0.2, 0.25) is 11.8 Å². The van der Waals surface area contributed by atoms with E-state index in [4.69, 9.17) is 9.15 Å². The van der Waals surface area contributed by atoms with Crippen molar-refractivity contribution >= 4 is 34.7 Å². The quantitative estimate of drug-likeness (QED) is 0.443. The number of aryl methyl sites for hydroxylation is 1. The predicted octanol–water partition coefficient (Wildman–Crippen LogP) is 4.03. The van der Waals surface area contributed by atoms with Crippen LogP contribution in [0.15, 0.2) is 46.2 Å². The fraction of sp³-hybridized carbons (Fsp3) is 0.238. The number of nitrogens with one attached hydrogen (secondary N) is 1. The zero-order valence-corrected chi connectivity index (χ0v) is 16.9. The topological polar surface area (TPSA) is 98.5 Å². The second-order valence-corrected chi connectivity index (χ2v) is 7.19. The number of Topliss-reactive ketones (excluding diaryl/α,β-unsaturated/α-hetero) is 1. The number of aromatic nitrogens is 1. The van der Waals surface area contributed by atoms with Gasteiger partial charge in [0, 0.05) is 17.7 Å². The van der Waals surface area contributed by atoms with Gasteiger partial charge in [-0.15, -0.1) is 11.3 Å². The van der Waals surface area contributed by atoms with Crippen LogP contribution in [0.1, 0.15) is 35.2 Å². The molecule has 0 saturated heterocycles. The molecule has 0 spiro atoms. The molecule has 29 heavy (non-hydrogen) atoms. The maximum Gasteiger partial charge on any atom is 0.312 e. The molecule has 0 aliphatic rings. The predicted molar refractivity (Wildman–Crippen MR) is 109 cm³/mol. The van der Waals surface area contributed by atoms with Crippen molar-refractivity contribution in [3.8, 4) is 10.8 Å². The van der Waals surface area contributed by atoms with Gasteiger partial charge in [-0.2, -0.15) is 0 Å². The van der Waals surface area contributed by atoms with Gasteiger partial charge in [0.25, 0.3) is 0 Å². The Labute approximate surface area is 171 Å². The van der Waals surface area contributed by atoms with Crippen LogP contribution in [0.25, 0.3) is 10.8 Å². The Hall–Kier alpha value is -3.26. The van der Waals surface area contributed by atoms with Gasteiger partial charge in [0.15, 0.2) is 12.4 Å². The number of hydrogen-bond acceptors (Lipinski definition) is 7. The Morgan fingerprint density at radius 2 is 1.93 bits per heavy atom. The maximum absolute atomic E-state index is 12.2. The zero-order valence-electron chi connectivity index (χ0n) is 16.1. The van der Waals surface area contributed by atoms with Crippen molar-refractivity contribution in [3.05, 3.63) is 58.8 Å². The number of thiophene rings is 1. The summed E-state index contributed by atoms with van der Waals surface area (Å²) in [6.45, 7) is 3.12. The Morgan fingerprint density at radius 1 is 1.17 bits per heavy atom. The summed E-state index contributed by atoms with van der Waals surface area (Å²) in [6, 6.07) is 10.2. The third kappa shape index (κ3) is 5.39. The second kappa shape index (κ2) is 9.29. The molecule has 3 aromatic rings. The van der Waals surface area contributed by atoms with Crippen molar-refractivity contribution in [2.45, 2.75) is 26.7 Å². The first-order valence-corrected chi connectivity index (χ1v) is 9.93. The van der Waals surface area contributed by atoms with E-state index in [1.807, 2.05) is 17.5 Å². The molecule has 0 aliphatic heterocycles. The number of carbonyl (C=O) groups is 3. The van der Waals surface area contributed by atoms with Crippen molar-refractivity contribution < 1.29 is 23.5 Å². The van der Waals surface area contributed by atoms with E-state index in [1.165, 1.54) is 11.3 Å². The van der Waals surface area contributed by atoms with Gasteiger partial charge in [-0.3, -0.25) is 14.4 Å². The third-order valence-electron chi connectivity index (χ3n) is 4.11. The van der Waals surface area contributed by atoms with Gasteiger partial charge in [-0.25, -0.2) is 4.98 Å². The van der Waals surface area contributed by atoms with Gasteiger partial charge < -0.3 is 14.5 Å². The number of esters is 1. The Balaban J connectivity index is 1.53. The van der Waals surface area contributed by atoms with E-state index in [9.17, 15) is 14.4 Å². The molecule has 2 heterocycles. The van der Waals surface area contributed by atoms with E-state index < -0.39 is 5.97 Å². The SMILES string of the molecule is CCC(=O)Nc1ccc(C(=O)COC(=O)Cc2nc(-c3cccs3)oc2C)cc1. The van der Waals surface area contributed by atoms with Crippen LogP contribution in [0, 0.1) is 6.92 Å². The first kappa shape index (κ1) is 20.5. The zero-order chi connectivity index (χ0) is 20.8. The molecule has 0 aliphatic carbocycles. The smallest absolute Gasteiger partial charge is 0.312 e. The maximum atomic E-state index is 12.2. The van der Waals surface area contributed by atoms with E-state index in [1.54, 1.807) is 38.1 Å². The van der Waals surface area contributed by atoms with E-state index in [0.29, 0.717) is 35.0 Å².